The molecule has 4 nitrogen and oxygen atoms in total. The quantitative estimate of drug-likeness (QED) is 0.790. The number of rotatable bonds is 2. The second-order valence-corrected chi connectivity index (χ2v) is 7.46. The molecule has 1 amide bonds. The first-order chi connectivity index (χ1) is 11.5. The molecule has 2 N–H and O–H groups in total. The zero-order valence-corrected chi connectivity index (χ0v) is 15.5. The van der Waals surface area contributed by atoms with Crippen molar-refractivity contribution in [2.45, 2.75) is 32.7 Å². The Morgan fingerprint density at radius 1 is 1.33 bits per heavy atom. The van der Waals surface area contributed by atoms with E-state index in [4.69, 9.17) is 23.8 Å². The van der Waals surface area contributed by atoms with Gasteiger partial charge in [0.15, 0.2) is 5.11 Å². The topological polar surface area (TPSA) is 44.4 Å². The molecule has 3 rings (SSSR count). The minimum absolute atomic E-state index is 0.0847. The number of benzene rings is 1. The summed E-state index contributed by atoms with van der Waals surface area (Å²) in [6.07, 6.45) is 2.24. The molecular weight excluding hydrogens is 342 g/mol. The lowest BCUT2D eigenvalue weighted by atomic mass is 9.93. The van der Waals surface area contributed by atoms with Gasteiger partial charge in [-0.2, -0.15) is 0 Å². The monoisotopic (exact) mass is 363 g/mol. The SMILES string of the molecule is CC1=C(C(=O)N2CCCC(C)C2)C(c2ccc(Cl)cc2)NC(=S)N1. The van der Waals surface area contributed by atoms with E-state index in [1.807, 2.05) is 36.1 Å². The van der Waals surface area contributed by atoms with Crippen LogP contribution in [0, 0.1) is 5.92 Å². The molecule has 2 unspecified atom stereocenters. The van der Waals surface area contributed by atoms with E-state index in [0.717, 1.165) is 36.3 Å². The number of likely N-dealkylation sites (tertiary alicyclic amines) is 1. The Balaban J connectivity index is 1.94. The minimum Gasteiger partial charge on any atom is -0.351 e. The average Bonchev–Trinajstić information content (AvgIpc) is 2.54. The van der Waals surface area contributed by atoms with Crippen LogP contribution in [0.2, 0.25) is 5.02 Å². The van der Waals surface area contributed by atoms with Crippen LogP contribution in [-0.2, 0) is 4.79 Å². The van der Waals surface area contributed by atoms with Crippen molar-refractivity contribution in [2.75, 3.05) is 13.1 Å². The van der Waals surface area contributed by atoms with E-state index in [9.17, 15) is 4.79 Å². The van der Waals surface area contributed by atoms with E-state index < -0.39 is 0 Å². The van der Waals surface area contributed by atoms with Gasteiger partial charge in [-0.3, -0.25) is 4.79 Å². The van der Waals surface area contributed by atoms with Crippen molar-refractivity contribution in [3.05, 3.63) is 46.1 Å². The fourth-order valence-electron chi connectivity index (χ4n) is 3.43. The van der Waals surface area contributed by atoms with Crippen LogP contribution >= 0.6 is 23.8 Å². The van der Waals surface area contributed by atoms with Gasteiger partial charge in [0.1, 0.15) is 0 Å². The molecule has 1 fully saturated rings. The summed E-state index contributed by atoms with van der Waals surface area (Å²) in [7, 11) is 0. The van der Waals surface area contributed by atoms with Crippen LogP contribution in [-0.4, -0.2) is 29.0 Å². The zero-order valence-electron chi connectivity index (χ0n) is 13.9. The highest BCUT2D eigenvalue weighted by atomic mass is 35.5. The average molecular weight is 364 g/mol. The molecule has 1 aromatic carbocycles. The van der Waals surface area contributed by atoms with Gasteiger partial charge < -0.3 is 15.5 Å². The molecule has 6 heteroatoms. The summed E-state index contributed by atoms with van der Waals surface area (Å²) in [6, 6.07) is 7.30. The third kappa shape index (κ3) is 3.57. The Morgan fingerprint density at radius 2 is 2.04 bits per heavy atom. The standard InChI is InChI=1S/C18H22ClN3OS/c1-11-4-3-9-22(10-11)17(23)15-12(2)20-18(24)21-16(15)13-5-7-14(19)8-6-13/h5-8,11,16H,3-4,9-10H2,1-2H3,(H2,20,21,24). The summed E-state index contributed by atoms with van der Waals surface area (Å²) in [5, 5.41) is 7.55. The van der Waals surface area contributed by atoms with Crippen molar-refractivity contribution in [3.8, 4) is 0 Å². The van der Waals surface area contributed by atoms with E-state index in [2.05, 4.69) is 17.6 Å². The minimum atomic E-state index is -0.249. The molecule has 2 aliphatic heterocycles. The van der Waals surface area contributed by atoms with Crippen LogP contribution < -0.4 is 10.6 Å². The number of carbonyl (C=O) groups excluding carboxylic acids is 1. The summed E-state index contributed by atoms with van der Waals surface area (Å²) in [6.45, 7) is 5.74. The van der Waals surface area contributed by atoms with E-state index in [1.54, 1.807) is 0 Å². The van der Waals surface area contributed by atoms with Gasteiger partial charge in [0.05, 0.1) is 11.6 Å². The Labute approximate surface area is 153 Å². The van der Waals surface area contributed by atoms with Crippen LogP contribution in [0.25, 0.3) is 0 Å². The molecule has 2 heterocycles. The van der Waals surface area contributed by atoms with Gasteiger partial charge in [0, 0.05) is 23.8 Å². The Bertz CT molecular complexity index is 686. The number of carbonyl (C=O) groups is 1. The molecule has 2 aliphatic rings. The predicted molar refractivity (Wildman–Crippen MR) is 101 cm³/mol. The van der Waals surface area contributed by atoms with Crippen LogP contribution in [0.4, 0.5) is 0 Å². The summed E-state index contributed by atoms with van der Waals surface area (Å²) in [5.74, 6) is 0.629. The first-order valence-corrected chi connectivity index (χ1v) is 9.07. The zero-order chi connectivity index (χ0) is 17.3. The van der Waals surface area contributed by atoms with E-state index in [-0.39, 0.29) is 11.9 Å². The van der Waals surface area contributed by atoms with Crippen molar-refractivity contribution in [1.82, 2.24) is 15.5 Å². The second kappa shape index (κ2) is 7.11. The third-order valence-electron chi connectivity index (χ3n) is 4.65. The fourth-order valence-corrected chi connectivity index (χ4v) is 3.82. The smallest absolute Gasteiger partial charge is 0.253 e. The van der Waals surface area contributed by atoms with E-state index in [1.165, 1.54) is 6.42 Å². The maximum atomic E-state index is 13.2. The van der Waals surface area contributed by atoms with Gasteiger partial charge >= 0.3 is 0 Å². The molecule has 0 bridgehead atoms. The number of hydrogen-bond donors (Lipinski definition) is 2. The van der Waals surface area contributed by atoms with E-state index >= 15 is 0 Å². The first kappa shape index (κ1) is 17.2. The molecule has 128 valence electrons. The van der Waals surface area contributed by atoms with E-state index in [0.29, 0.717) is 16.1 Å². The molecular formula is C18H22ClN3OS. The second-order valence-electron chi connectivity index (χ2n) is 6.62. The van der Waals surface area contributed by atoms with Crippen LogP contribution in [0.5, 0.6) is 0 Å². The number of nitrogens with one attached hydrogen (secondary N) is 2. The van der Waals surface area contributed by atoms with Crippen molar-refractivity contribution < 1.29 is 4.79 Å². The Kier molecular flexibility index (Phi) is 5.11. The molecule has 0 spiro atoms. The number of piperidine rings is 1. The van der Waals surface area contributed by atoms with Crippen molar-refractivity contribution in [1.29, 1.82) is 0 Å². The van der Waals surface area contributed by atoms with Crippen molar-refractivity contribution in [2.24, 2.45) is 5.92 Å². The van der Waals surface area contributed by atoms with Crippen molar-refractivity contribution in [3.63, 3.8) is 0 Å². The normalized spacial score (nSPS) is 24.5. The third-order valence-corrected chi connectivity index (χ3v) is 5.12. The summed E-state index contributed by atoms with van der Waals surface area (Å²) in [4.78, 5) is 15.2. The Morgan fingerprint density at radius 3 is 2.71 bits per heavy atom. The Hall–Kier alpha value is -1.59. The van der Waals surface area contributed by atoms with Gasteiger partial charge in [0.25, 0.3) is 5.91 Å². The van der Waals surface area contributed by atoms with Crippen LogP contribution in [0.15, 0.2) is 35.5 Å². The lowest BCUT2D eigenvalue weighted by molar-refractivity contribution is -0.129. The summed E-state index contributed by atoms with van der Waals surface area (Å²) in [5.41, 5.74) is 2.54. The largest absolute Gasteiger partial charge is 0.351 e. The number of halogens is 1. The molecule has 24 heavy (non-hydrogen) atoms. The highest BCUT2D eigenvalue weighted by Crippen LogP contribution is 2.30. The summed E-state index contributed by atoms with van der Waals surface area (Å²) >= 11 is 11.3. The highest BCUT2D eigenvalue weighted by Gasteiger charge is 2.33. The number of allylic oxidation sites excluding steroid dienone is 1. The highest BCUT2D eigenvalue weighted by molar-refractivity contribution is 7.80. The van der Waals surface area contributed by atoms with Gasteiger partial charge in [0.2, 0.25) is 0 Å². The summed E-state index contributed by atoms with van der Waals surface area (Å²) < 4.78 is 0. The van der Waals surface area contributed by atoms with Crippen molar-refractivity contribution >= 4 is 34.8 Å². The van der Waals surface area contributed by atoms with Gasteiger partial charge in [-0.15, -0.1) is 0 Å². The fraction of sp³-hybridized carbons (Fsp3) is 0.444. The number of hydrogen-bond acceptors (Lipinski definition) is 2. The molecule has 1 aromatic rings. The van der Waals surface area contributed by atoms with Gasteiger partial charge in [-0.25, -0.2) is 0 Å². The number of thiocarbonyl (C=S) groups is 1. The lowest BCUT2D eigenvalue weighted by Crippen LogP contribution is -2.49. The molecule has 0 radical (unpaired) electrons. The lowest BCUT2D eigenvalue weighted by Gasteiger charge is -2.36. The molecule has 0 saturated carbocycles. The van der Waals surface area contributed by atoms with Crippen LogP contribution in [0.1, 0.15) is 38.3 Å². The predicted octanol–water partition coefficient (Wildman–Crippen LogP) is 3.39. The van der Waals surface area contributed by atoms with Crippen LogP contribution in [0.3, 0.4) is 0 Å². The van der Waals surface area contributed by atoms with Gasteiger partial charge in [-0.05, 0) is 55.6 Å². The molecule has 0 aliphatic carbocycles. The first-order valence-electron chi connectivity index (χ1n) is 8.28. The number of amides is 1. The molecule has 1 saturated heterocycles. The van der Waals surface area contributed by atoms with Gasteiger partial charge in [-0.1, -0.05) is 30.7 Å². The molecule has 0 aromatic heterocycles. The maximum Gasteiger partial charge on any atom is 0.253 e. The maximum absolute atomic E-state index is 13.2. The number of nitrogens with zero attached hydrogens (tertiary/aromatic N) is 1. The molecule has 2 atom stereocenters.